The molecule has 7 aromatic carbocycles. The lowest BCUT2D eigenvalue weighted by Crippen LogP contribution is -2.52. The van der Waals surface area contributed by atoms with E-state index >= 15 is 0 Å². The average molecular weight is 710 g/mol. The number of aliphatic imine (C=N–C) groups is 1. The Labute approximate surface area is 319 Å². The monoisotopic (exact) mass is 709 g/mol. The third-order valence-corrected chi connectivity index (χ3v) is 11.8. The molecule has 0 saturated carbocycles. The van der Waals surface area contributed by atoms with Crippen molar-refractivity contribution < 1.29 is 0 Å². The Hall–Kier alpha value is -6.69. The number of para-hydroxylation sites is 2. The fraction of sp³-hybridized carbons (Fsp3) is 0.100. The van der Waals surface area contributed by atoms with Gasteiger partial charge in [0.2, 0.25) is 0 Å². The second-order valence-corrected chi connectivity index (χ2v) is 15.1. The van der Waals surface area contributed by atoms with E-state index in [0.29, 0.717) is 5.92 Å². The molecule has 1 aliphatic heterocycles. The van der Waals surface area contributed by atoms with E-state index in [9.17, 15) is 0 Å². The predicted molar refractivity (Wildman–Crippen MR) is 228 cm³/mol. The zero-order valence-electron chi connectivity index (χ0n) is 30.5. The van der Waals surface area contributed by atoms with Gasteiger partial charge in [-0.15, -0.1) is 0 Å². The minimum atomic E-state index is -0.954. The van der Waals surface area contributed by atoms with Gasteiger partial charge < -0.3 is 20.2 Å². The van der Waals surface area contributed by atoms with Crippen molar-refractivity contribution in [3.05, 3.63) is 198 Å². The van der Waals surface area contributed by atoms with Gasteiger partial charge in [-0.25, -0.2) is 0 Å². The number of hydrogen-bond donors (Lipinski definition) is 2. The van der Waals surface area contributed by atoms with Gasteiger partial charge in [-0.1, -0.05) is 153 Å². The molecule has 3 atom stereocenters. The molecule has 0 radical (unpaired) electrons. The molecule has 5 nitrogen and oxygen atoms in total. The molecule has 3 heterocycles. The molecule has 2 unspecified atom stereocenters. The molecule has 2 aliphatic rings. The number of nitrogens with zero attached hydrogens (tertiary/aromatic N) is 3. The van der Waals surface area contributed by atoms with Crippen LogP contribution < -0.4 is 11.1 Å². The van der Waals surface area contributed by atoms with Gasteiger partial charge in [0, 0.05) is 55.7 Å². The van der Waals surface area contributed by atoms with E-state index in [1.165, 1.54) is 60.4 Å². The van der Waals surface area contributed by atoms with Crippen molar-refractivity contribution in [1.29, 1.82) is 0 Å². The van der Waals surface area contributed by atoms with Gasteiger partial charge in [0.1, 0.15) is 17.5 Å². The van der Waals surface area contributed by atoms with Gasteiger partial charge in [0.05, 0.1) is 16.6 Å². The van der Waals surface area contributed by atoms with E-state index in [-0.39, 0.29) is 6.04 Å². The number of nitrogens with two attached hydrogens (primary N) is 1. The van der Waals surface area contributed by atoms with Crippen molar-refractivity contribution in [1.82, 2.24) is 14.5 Å². The van der Waals surface area contributed by atoms with E-state index in [1.807, 2.05) is 24.3 Å². The second-order valence-electron chi connectivity index (χ2n) is 15.1. The van der Waals surface area contributed by atoms with Gasteiger partial charge in [0.15, 0.2) is 0 Å². The van der Waals surface area contributed by atoms with Gasteiger partial charge in [-0.05, 0) is 53.3 Å². The number of benzene rings is 7. The van der Waals surface area contributed by atoms with Gasteiger partial charge in [0.25, 0.3) is 0 Å². The summed E-state index contributed by atoms with van der Waals surface area (Å²) in [5.74, 6) is 1.17. The molecule has 0 bridgehead atoms. The summed E-state index contributed by atoms with van der Waals surface area (Å²) >= 11 is 0. The van der Waals surface area contributed by atoms with Crippen molar-refractivity contribution >= 4 is 55.4 Å². The third kappa shape index (κ3) is 4.66. The van der Waals surface area contributed by atoms with Gasteiger partial charge in [-0.2, -0.15) is 0 Å². The zero-order valence-corrected chi connectivity index (χ0v) is 30.5. The van der Waals surface area contributed by atoms with Crippen molar-refractivity contribution in [2.24, 2.45) is 10.7 Å². The molecule has 55 heavy (non-hydrogen) atoms. The molecular weight excluding hydrogens is 671 g/mol. The van der Waals surface area contributed by atoms with Crippen molar-refractivity contribution in [3.63, 3.8) is 0 Å². The highest BCUT2D eigenvalue weighted by Gasteiger charge is 2.43. The first-order valence-corrected chi connectivity index (χ1v) is 19.2. The second kappa shape index (κ2) is 12.2. The standard InChI is InChI=1S/C50H39N5/c1-32-16-15-26-41-43-38-23-11-12-24-39(38)46-44(47(43)55(45(32)41)36-21-9-4-10-22-36)40-25-13-14-27-42(40)54(46)37-30-28-35(29-31-37)50(51)48(33-17-5-2-6-18-33)52-49(53-50)34-19-7-3-8-20-34/h2-15,17-32,48H,16,51H2,1H3,(H,52,53)/t32?,48?,50-/m0/s1. The molecule has 264 valence electrons. The minimum absolute atomic E-state index is 0.312. The van der Waals surface area contributed by atoms with Crippen LogP contribution in [0.1, 0.15) is 53.3 Å². The van der Waals surface area contributed by atoms with E-state index in [2.05, 4.69) is 173 Å². The summed E-state index contributed by atoms with van der Waals surface area (Å²) in [5.41, 5.74) is 18.2. The number of aromatic nitrogens is 2. The van der Waals surface area contributed by atoms with Crippen LogP contribution in [0.5, 0.6) is 0 Å². The molecule has 0 amide bonds. The Kier molecular flexibility index (Phi) is 7.04. The van der Waals surface area contributed by atoms with Crippen LogP contribution in [-0.4, -0.2) is 15.0 Å². The Bertz CT molecular complexity index is 2990. The van der Waals surface area contributed by atoms with E-state index in [0.717, 1.165) is 34.6 Å². The molecule has 3 N–H and O–H groups in total. The minimum Gasteiger partial charge on any atom is -0.346 e. The maximum atomic E-state index is 7.46. The van der Waals surface area contributed by atoms with Crippen LogP contribution in [-0.2, 0) is 5.66 Å². The highest BCUT2D eigenvalue weighted by Crippen LogP contribution is 2.49. The fourth-order valence-corrected chi connectivity index (χ4v) is 9.39. The largest absolute Gasteiger partial charge is 0.346 e. The van der Waals surface area contributed by atoms with Crippen LogP contribution in [0, 0.1) is 0 Å². The smallest absolute Gasteiger partial charge is 0.140 e. The molecule has 0 fully saturated rings. The summed E-state index contributed by atoms with van der Waals surface area (Å²) < 4.78 is 5.02. The van der Waals surface area contributed by atoms with Crippen molar-refractivity contribution in [3.8, 4) is 11.4 Å². The third-order valence-electron chi connectivity index (χ3n) is 11.8. The summed E-state index contributed by atoms with van der Waals surface area (Å²) in [7, 11) is 0. The lowest BCUT2D eigenvalue weighted by Gasteiger charge is -2.32. The van der Waals surface area contributed by atoms with Crippen LogP contribution in [0.25, 0.3) is 60.9 Å². The summed E-state index contributed by atoms with van der Waals surface area (Å²) in [6, 6.07) is 57.9. The molecular formula is C50H39N5. The SMILES string of the molecule is CC1CC=Cc2c1n(-c1ccccc1)c1c2c2ccccc2c2c1c1ccccc1n2-c1ccc([C@]2(N)NC(c3ccccc3)=NC2c2ccccc2)cc1. The summed E-state index contributed by atoms with van der Waals surface area (Å²) in [4.78, 5) is 5.21. The average Bonchev–Trinajstić information content (AvgIpc) is 3.91. The Morgan fingerprint density at radius 2 is 1.24 bits per heavy atom. The molecule has 0 saturated heterocycles. The molecule has 11 rings (SSSR count). The lowest BCUT2D eigenvalue weighted by atomic mass is 9.88. The van der Waals surface area contributed by atoms with Crippen molar-refractivity contribution in [2.75, 3.05) is 0 Å². The first-order valence-electron chi connectivity index (χ1n) is 19.2. The molecule has 5 heteroatoms. The van der Waals surface area contributed by atoms with Crippen LogP contribution >= 0.6 is 0 Å². The maximum absolute atomic E-state index is 7.46. The normalized spacial score (nSPS) is 19.3. The van der Waals surface area contributed by atoms with Crippen molar-refractivity contribution in [2.45, 2.75) is 31.0 Å². The zero-order chi connectivity index (χ0) is 36.7. The Morgan fingerprint density at radius 3 is 1.98 bits per heavy atom. The Balaban J connectivity index is 1.16. The van der Waals surface area contributed by atoms with Crippen LogP contribution in [0.4, 0.5) is 0 Å². The number of fused-ring (bicyclic) bond motifs is 10. The molecule has 9 aromatic rings. The maximum Gasteiger partial charge on any atom is 0.140 e. The van der Waals surface area contributed by atoms with Crippen LogP contribution in [0.3, 0.4) is 0 Å². The molecule has 1 aliphatic carbocycles. The van der Waals surface area contributed by atoms with Gasteiger partial charge in [-0.3, -0.25) is 4.99 Å². The highest BCUT2D eigenvalue weighted by molar-refractivity contribution is 6.33. The van der Waals surface area contributed by atoms with E-state index < -0.39 is 5.66 Å². The number of allylic oxidation sites excluding steroid dienone is 1. The topological polar surface area (TPSA) is 60.3 Å². The first-order chi connectivity index (χ1) is 27.1. The Morgan fingerprint density at radius 1 is 0.618 bits per heavy atom. The molecule has 0 spiro atoms. The first kappa shape index (κ1) is 31.8. The number of amidine groups is 1. The van der Waals surface area contributed by atoms with Crippen LogP contribution in [0.15, 0.2) is 175 Å². The quantitative estimate of drug-likeness (QED) is 0.187. The van der Waals surface area contributed by atoms with Crippen LogP contribution in [0.2, 0.25) is 0 Å². The fourth-order valence-electron chi connectivity index (χ4n) is 9.39. The molecule has 2 aromatic heterocycles. The number of hydrogen-bond acceptors (Lipinski definition) is 3. The lowest BCUT2D eigenvalue weighted by molar-refractivity contribution is 0.362. The summed E-state index contributed by atoms with van der Waals surface area (Å²) in [6.45, 7) is 2.37. The van der Waals surface area contributed by atoms with E-state index in [4.69, 9.17) is 10.7 Å². The highest BCUT2D eigenvalue weighted by atomic mass is 15.3. The van der Waals surface area contributed by atoms with E-state index in [1.54, 1.807) is 0 Å². The summed E-state index contributed by atoms with van der Waals surface area (Å²) in [5, 5.41) is 10.00. The number of nitrogens with one attached hydrogen (secondary N) is 1. The summed E-state index contributed by atoms with van der Waals surface area (Å²) in [6.07, 6.45) is 5.74. The van der Waals surface area contributed by atoms with Gasteiger partial charge >= 0.3 is 0 Å². The predicted octanol–water partition coefficient (Wildman–Crippen LogP) is 11.3. The number of rotatable bonds is 5.